The monoisotopic (exact) mass is 579 g/mol. The molecule has 0 spiro atoms. The minimum Gasteiger partial charge on any atom is -0.382 e. The highest BCUT2D eigenvalue weighted by Gasteiger charge is 2.45. The number of aryl methyl sites for hydroxylation is 1. The lowest BCUT2D eigenvalue weighted by Crippen LogP contribution is -2.59. The minimum absolute atomic E-state index is 0.124. The van der Waals surface area contributed by atoms with Gasteiger partial charge < -0.3 is 30.9 Å². The summed E-state index contributed by atoms with van der Waals surface area (Å²) in [6.45, 7) is 9.62. The van der Waals surface area contributed by atoms with Gasteiger partial charge >= 0.3 is 0 Å². The van der Waals surface area contributed by atoms with Crippen LogP contribution < -0.4 is 21.3 Å². The number of nitrogens with one attached hydrogen (secondary N) is 4. The van der Waals surface area contributed by atoms with E-state index >= 15 is 0 Å². The summed E-state index contributed by atoms with van der Waals surface area (Å²) in [5, 5.41) is 11.8. The maximum atomic E-state index is 14.1. The number of amides is 4. The van der Waals surface area contributed by atoms with Crippen molar-refractivity contribution in [2.45, 2.75) is 71.2 Å². The number of likely N-dealkylation sites (tertiary alicyclic amines) is 1. The maximum absolute atomic E-state index is 14.1. The van der Waals surface area contributed by atoms with Crippen molar-refractivity contribution in [3.8, 4) is 0 Å². The molecular weight excluding hydrogens is 534 g/mol. The Bertz CT molecular complexity index is 1230. The van der Waals surface area contributed by atoms with E-state index in [2.05, 4.69) is 21.3 Å². The molecule has 0 bridgehead atoms. The van der Waals surface area contributed by atoms with Gasteiger partial charge in [0, 0.05) is 25.3 Å². The Morgan fingerprint density at radius 1 is 1.00 bits per heavy atom. The van der Waals surface area contributed by atoms with Crippen molar-refractivity contribution in [1.29, 1.82) is 0 Å². The summed E-state index contributed by atoms with van der Waals surface area (Å²) < 4.78 is 5.38. The number of ether oxygens (including phenoxy) is 1. The van der Waals surface area contributed by atoms with Gasteiger partial charge in [-0.15, -0.1) is 0 Å². The van der Waals surface area contributed by atoms with Gasteiger partial charge in [0.15, 0.2) is 0 Å². The van der Waals surface area contributed by atoms with Crippen LogP contribution in [0.5, 0.6) is 0 Å². The molecule has 228 valence electrons. The molecule has 0 aromatic heterocycles. The standard InChI is InChI=1S/C32H45N5O5/c1-20-13-15-23(16-14-20)29(39)34-24-17-26(30(40)35-25(19-42-7)22-11-9-8-10-12-22)37(18-24)31(41)27(32(3,4)5)36-28(38)21(2)33-6/h8-16,21,24-27,33H,17-19H2,1-7H3,(H,34,39)(H,35,40)(H,36,38)/t21-,24-,25+,26-,27+/m0/s1. The van der Waals surface area contributed by atoms with E-state index in [-0.39, 0.29) is 43.2 Å². The van der Waals surface area contributed by atoms with Gasteiger partial charge in [-0.3, -0.25) is 19.2 Å². The van der Waals surface area contributed by atoms with Crippen LogP contribution in [0.25, 0.3) is 0 Å². The van der Waals surface area contributed by atoms with Crippen LogP contribution in [0.15, 0.2) is 54.6 Å². The third-order valence-corrected chi connectivity index (χ3v) is 7.61. The predicted molar refractivity (Wildman–Crippen MR) is 162 cm³/mol. The summed E-state index contributed by atoms with van der Waals surface area (Å²) in [4.78, 5) is 55.4. The molecule has 3 rings (SSSR count). The second kappa shape index (κ2) is 14.4. The molecule has 2 aromatic carbocycles. The molecule has 2 aromatic rings. The Hall–Kier alpha value is -3.76. The highest BCUT2D eigenvalue weighted by molar-refractivity contribution is 5.96. The number of methoxy groups -OCH3 is 1. The first kappa shape index (κ1) is 32.8. The van der Waals surface area contributed by atoms with Gasteiger partial charge in [-0.25, -0.2) is 0 Å². The van der Waals surface area contributed by atoms with Crippen molar-refractivity contribution in [1.82, 2.24) is 26.2 Å². The number of carbonyl (C=O) groups is 4. The fourth-order valence-corrected chi connectivity index (χ4v) is 4.96. The smallest absolute Gasteiger partial charge is 0.251 e. The van der Waals surface area contributed by atoms with Crippen LogP contribution in [0.3, 0.4) is 0 Å². The van der Waals surface area contributed by atoms with Crippen molar-refractivity contribution < 1.29 is 23.9 Å². The van der Waals surface area contributed by atoms with E-state index in [1.807, 2.05) is 70.2 Å². The lowest BCUT2D eigenvalue weighted by Gasteiger charge is -2.36. The summed E-state index contributed by atoms with van der Waals surface area (Å²) in [6, 6.07) is 13.5. The van der Waals surface area contributed by atoms with Crippen LogP contribution in [-0.2, 0) is 19.1 Å². The summed E-state index contributed by atoms with van der Waals surface area (Å²) in [6.07, 6.45) is 0.224. The molecule has 1 aliphatic rings. The molecule has 1 heterocycles. The SMILES string of the molecule is CN[C@@H](C)C(=O)N[C@H](C(=O)N1C[C@@H](NC(=O)c2ccc(C)cc2)C[C@H]1C(=O)N[C@H](COC)c1ccccc1)C(C)(C)C. The molecule has 0 unspecified atom stereocenters. The third-order valence-electron chi connectivity index (χ3n) is 7.61. The number of likely N-dealkylation sites (N-methyl/N-ethyl adjacent to an activating group) is 1. The van der Waals surface area contributed by atoms with E-state index in [4.69, 9.17) is 4.74 Å². The van der Waals surface area contributed by atoms with Gasteiger partial charge in [0.2, 0.25) is 17.7 Å². The number of carbonyl (C=O) groups excluding carboxylic acids is 4. The molecule has 4 N–H and O–H groups in total. The number of nitrogens with zero attached hydrogens (tertiary/aromatic N) is 1. The second-order valence-electron chi connectivity index (χ2n) is 12.0. The number of rotatable bonds is 11. The van der Waals surface area contributed by atoms with E-state index < -0.39 is 35.6 Å². The van der Waals surface area contributed by atoms with Gasteiger partial charge in [0.25, 0.3) is 5.91 Å². The molecule has 42 heavy (non-hydrogen) atoms. The Morgan fingerprint density at radius 2 is 1.64 bits per heavy atom. The van der Waals surface area contributed by atoms with Crippen molar-refractivity contribution in [3.63, 3.8) is 0 Å². The molecule has 1 saturated heterocycles. The van der Waals surface area contributed by atoms with Crippen LogP contribution in [0.4, 0.5) is 0 Å². The zero-order valence-corrected chi connectivity index (χ0v) is 25.7. The third kappa shape index (κ3) is 8.39. The van der Waals surface area contributed by atoms with E-state index in [9.17, 15) is 19.2 Å². The fourth-order valence-electron chi connectivity index (χ4n) is 4.96. The molecule has 0 aliphatic carbocycles. The average molecular weight is 580 g/mol. The highest BCUT2D eigenvalue weighted by Crippen LogP contribution is 2.27. The van der Waals surface area contributed by atoms with Crippen molar-refractivity contribution >= 4 is 23.6 Å². The molecule has 1 fully saturated rings. The second-order valence-corrected chi connectivity index (χ2v) is 12.0. The Morgan fingerprint density at radius 3 is 2.21 bits per heavy atom. The Kier molecular flexibility index (Phi) is 11.2. The molecule has 5 atom stereocenters. The Balaban J connectivity index is 1.90. The van der Waals surface area contributed by atoms with Gasteiger partial charge in [0.05, 0.1) is 18.7 Å². The minimum atomic E-state index is -0.897. The molecule has 4 amide bonds. The van der Waals surface area contributed by atoms with E-state index in [1.54, 1.807) is 33.2 Å². The summed E-state index contributed by atoms with van der Waals surface area (Å²) in [5.41, 5.74) is 1.76. The highest BCUT2D eigenvalue weighted by atomic mass is 16.5. The Labute approximate surface area is 249 Å². The number of hydrogen-bond acceptors (Lipinski definition) is 6. The van der Waals surface area contributed by atoms with Gasteiger partial charge in [0.1, 0.15) is 12.1 Å². The fraction of sp³-hybridized carbons (Fsp3) is 0.500. The van der Waals surface area contributed by atoms with E-state index in [1.165, 1.54) is 4.90 Å². The zero-order valence-electron chi connectivity index (χ0n) is 25.7. The normalized spacial score (nSPS) is 19.0. The summed E-state index contributed by atoms with van der Waals surface area (Å²) in [5.74, 6) is -1.34. The molecular formula is C32H45N5O5. The molecule has 10 nitrogen and oxygen atoms in total. The largest absolute Gasteiger partial charge is 0.382 e. The quantitative estimate of drug-likeness (QED) is 0.324. The molecule has 10 heteroatoms. The van der Waals surface area contributed by atoms with Crippen LogP contribution in [0.2, 0.25) is 0 Å². The number of hydrogen-bond donors (Lipinski definition) is 4. The number of benzene rings is 2. The van der Waals surface area contributed by atoms with Crippen molar-refractivity contribution in [2.24, 2.45) is 5.41 Å². The van der Waals surface area contributed by atoms with Gasteiger partial charge in [-0.05, 0) is 50.4 Å². The van der Waals surface area contributed by atoms with Crippen LogP contribution in [0, 0.1) is 12.3 Å². The van der Waals surface area contributed by atoms with Gasteiger partial charge in [-0.1, -0.05) is 68.8 Å². The molecule has 1 aliphatic heterocycles. The molecule has 0 saturated carbocycles. The van der Waals surface area contributed by atoms with E-state index in [0.29, 0.717) is 5.56 Å². The van der Waals surface area contributed by atoms with Gasteiger partial charge in [-0.2, -0.15) is 0 Å². The summed E-state index contributed by atoms with van der Waals surface area (Å²) >= 11 is 0. The van der Waals surface area contributed by atoms with Crippen LogP contribution in [0.1, 0.15) is 61.6 Å². The van der Waals surface area contributed by atoms with Crippen molar-refractivity contribution in [3.05, 3.63) is 71.3 Å². The maximum Gasteiger partial charge on any atom is 0.251 e. The lowest BCUT2D eigenvalue weighted by molar-refractivity contribution is -0.144. The zero-order chi connectivity index (χ0) is 31.0. The predicted octanol–water partition coefficient (Wildman–Crippen LogP) is 2.34. The van der Waals surface area contributed by atoms with E-state index in [0.717, 1.165) is 11.1 Å². The first-order valence-corrected chi connectivity index (χ1v) is 14.4. The average Bonchev–Trinajstić information content (AvgIpc) is 3.38. The lowest BCUT2D eigenvalue weighted by atomic mass is 9.85. The van der Waals surface area contributed by atoms with Crippen LogP contribution in [-0.4, -0.2) is 80.0 Å². The molecule has 0 radical (unpaired) electrons. The van der Waals surface area contributed by atoms with Crippen LogP contribution >= 0.6 is 0 Å². The first-order chi connectivity index (χ1) is 19.8. The van der Waals surface area contributed by atoms with Crippen molar-refractivity contribution in [2.75, 3.05) is 27.3 Å². The summed E-state index contributed by atoms with van der Waals surface area (Å²) in [7, 11) is 3.23. The first-order valence-electron chi connectivity index (χ1n) is 14.4. The topological polar surface area (TPSA) is 129 Å².